The summed E-state index contributed by atoms with van der Waals surface area (Å²) in [4.78, 5) is 0. The van der Waals surface area contributed by atoms with Crippen LogP contribution in [-0.2, 0) is 6.42 Å². The Morgan fingerprint density at radius 3 is 3.00 bits per heavy atom. The third-order valence-corrected chi connectivity index (χ3v) is 2.78. The fourth-order valence-electron chi connectivity index (χ4n) is 2.09. The Morgan fingerprint density at radius 2 is 2.31 bits per heavy atom. The highest BCUT2D eigenvalue weighted by atomic mass is 19.1. The van der Waals surface area contributed by atoms with Gasteiger partial charge < -0.3 is 5.11 Å². The minimum atomic E-state index is -0.106. The number of fused-ring (bicyclic) bond motifs is 1. The predicted octanol–water partition coefficient (Wildman–Crippen LogP) is 2.16. The number of hydrogen-bond acceptors (Lipinski definition) is 1. The molecule has 0 aromatic heterocycles. The Balaban J connectivity index is 2.51. The van der Waals surface area contributed by atoms with Crippen molar-refractivity contribution in [3.8, 4) is 0 Å². The molecule has 1 aliphatic rings. The van der Waals surface area contributed by atoms with Crippen molar-refractivity contribution in [1.29, 1.82) is 0 Å². The van der Waals surface area contributed by atoms with Crippen LogP contribution >= 0.6 is 0 Å². The standard InChI is InChI=1S/C11H13FO/c1-7-4-10-8(6-13)2-3-9(10)11(12)5-7/h4-5,8,13H,2-3,6H2,1H3. The monoisotopic (exact) mass is 180 g/mol. The van der Waals surface area contributed by atoms with Gasteiger partial charge in [0.15, 0.2) is 0 Å². The summed E-state index contributed by atoms with van der Waals surface area (Å²) in [6, 6.07) is 3.56. The number of aliphatic hydroxyl groups is 1. The number of halogens is 1. The lowest BCUT2D eigenvalue weighted by Crippen LogP contribution is -1.99. The van der Waals surface area contributed by atoms with Crippen LogP contribution in [0, 0.1) is 12.7 Å². The van der Waals surface area contributed by atoms with Gasteiger partial charge in [0.1, 0.15) is 5.82 Å². The first-order chi connectivity index (χ1) is 6.22. The molecule has 1 atom stereocenters. The zero-order chi connectivity index (χ0) is 9.42. The zero-order valence-corrected chi connectivity index (χ0v) is 7.68. The first-order valence-corrected chi connectivity index (χ1v) is 4.62. The molecule has 1 aromatic carbocycles. The maximum atomic E-state index is 13.4. The summed E-state index contributed by atoms with van der Waals surface area (Å²) in [5.41, 5.74) is 2.77. The molecule has 0 spiro atoms. The van der Waals surface area contributed by atoms with E-state index in [-0.39, 0.29) is 18.3 Å². The van der Waals surface area contributed by atoms with Crippen LogP contribution in [0.15, 0.2) is 12.1 Å². The Bertz CT molecular complexity index is 333. The maximum Gasteiger partial charge on any atom is 0.126 e. The molecule has 1 aliphatic carbocycles. The van der Waals surface area contributed by atoms with Gasteiger partial charge in [-0.05, 0) is 42.5 Å². The molecule has 1 unspecified atom stereocenters. The summed E-state index contributed by atoms with van der Waals surface area (Å²) in [7, 11) is 0. The number of benzene rings is 1. The molecule has 0 fully saturated rings. The van der Waals surface area contributed by atoms with Gasteiger partial charge in [-0.15, -0.1) is 0 Å². The predicted molar refractivity (Wildman–Crippen MR) is 49.3 cm³/mol. The van der Waals surface area contributed by atoms with Crippen LogP contribution in [0.1, 0.15) is 29.0 Å². The summed E-state index contributed by atoms with van der Waals surface area (Å²) in [5.74, 6) is 0.0512. The number of hydrogen-bond donors (Lipinski definition) is 1. The molecule has 0 radical (unpaired) electrons. The van der Waals surface area contributed by atoms with Gasteiger partial charge in [0.25, 0.3) is 0 Å². The molecule has 0 aliphatic heterocycles. The molecule has 1 nitrogen and oxygen atoms in total. The Kier molecular flexibility index (Phi) is 2.08. The highest BCUT2D eigenvalue weighted by Gasteiger charge is 2.24. The average molecular weight is 180 g/mol. The van der Waals surface area contributed by atoms with Gasteiger partial charge >= 0.3 is 0 Å². The largest absolute Gasteiger partial charge is 0.396 e. The molecule has 13 heavy (non-hydrogen) atoms. The lowest BCUT2D eigenvalue weighted by atomic mass is 10.00. The summed E-state index contributed by atoms with van der Waals surface area (Å²) in [6.07, 6.45) is 1.65. The van der Waals surface area contributed by atoms with Crippen molar-refractivity contribution in [2.24, 2.45) is 0 Å². The summed E-state index contributed by atoms with van der Waals surface area (Å²) < 4.78 is 13.4. The Morgan fingerprint density at radius 1 is 1.54 bits per heavy atom. The Hall–Kier alpha value is -0.890. The van der Waals surface area contributed by atoms with Gasteiger partial charge in [-0.25, -0.2) is 4.39 Å². The van der Waals surface area contributed by atoms with Crippen LogP contribution in [-0.4, -0.2) is 11.7 Å². The Labute approximate surface area is 77.2 Å². The van der Waals surface area contributed by atoms with E-state index in [4.69, 9.17) is 5.11 Å². The van der Waals surface area contributed by atoms with Crippen LogP contribution in [0.3, 0.4) is 0 Å². The lowest BCUT2D eigenvalue weighted by Gasteiger charge is -2.08. The van der Waals surface area contributed by atoms with Crippen molar-refractivity contribution in [3.05, 3.63) is 34.6 Å². The van der Waals surface area contributed by atoms with Gasteiger partial charge in [0.05, 0.1) is 0 Å². The van der Waals surface area contributed by atoms with Crippen LogP contribution in [0.5, 0.6) is 0 Å². The average Bonchev–Trinajstić information content (AvgIpc) is 2.47. The van der Waals surface area contributed by atoms with Gasteiger partial charge in [0.2, 0.25) is 0 Å². The van der Waals surface area contributed by atoms with Gasteiger partial charge in [-0.3, -0.25) is 0 Å². The second-order valence-electron chi connectivity index (χ2n) is 3.73. The number of rotatable bonds is 1. The van der Waals surface area contributed by atoms with Crippen molar-refractivity contribution < 1.29 is 9.50 Å². The van der Waals surface area contributed by atoms with E-state index in [1.54, 1.807) is 6.07 Å². The molecule has 0 heterocycles. The van der Waals surface area contributed by atoms with Crippen molar-refractivity contribution in [2.75, 3.05) is 6.61 Å². The molecule has 70 valence electrons. The molecule has 2 rings (SSSR count). The number of aliphatic hydroxyl groups excluding tert-OH is 1. The first kappa shape index (κ1) is 8.70. The van der Waals surface area contributed by atoms with Crippen molar-refractivity contribution in [3.63, 3.8) is 0 Å². The highest BCUT2D eigenvalue weighted by Crippen LogP contribution is 2.34. The van der Waals surface area contributed by atoms with E-state index in [9.17, 15) is 4.39 Å². The van der Waals surface area contributed by atoms with Crippen molar-refractivity contribution in [2.45, 2.75) is 25.7 Å². The summed E-state index contributed by atoms with van der Waals surface area (Å²) in [6.45, 7) is 2.02. The van der Waals surface area contributed by atoms with E-state index in [0.717, 1.165) is 29.5 Å². The SMILES string of the molecule is Cc1cc(F)c2c(c1)C(CO)CC2. The van der Waals surface area contributed by atoms with E-state index in [2.05, 4.69) is 0 Å². The highest BCUT2D eigenvalue weighted by molar-refractivity contribution is 5.39. The summed E-state index contributed by atoms with van der Waals surface area (Å²) >= 11 is 0. The lowest BCUT2D eigenvalue weighted by molar-refractivity contribution is 0.265. The van der Waals surface area contributed by atoms with Crippen LogP contribution < -0.4 is 0 Å². The van der Waals surface area contributed by atoms with Gasteiger partial charge in [-0.2, -0.15) is 0 Å². The minimum Gasteiger partial charge on any atom is -0.396 e. The molecule has 0 bridgehead atoms. The van der Waals surface area contributed by atoms with Crippen molar-refractivity contribution in [1.82, 2.24) is 0 Å². The molecular formula is C11H13FO. The fraction of sp³-hybridized carbons (Fsp3) is 0.455. The van der Waals surface area contributed by atoms with Gasteiger partial charge in [-0.1, -0.05) is 6.07 Å². The molecule has 1 N–H and O–H groups in total. The smallest absolute Gasteiger partial charge is 0.126 e. The topological polar surface area (TPSA) is 20.2 Å². The molecule has 2 heteroatoms. The molecule has 0 saturated carbocycles. The van der Waals surface area contributed by atoms with E-state index in [1.807, 2.05) is 13.0 Å². The molecule has 1 aromatic rings. The third-order valence-electron chi connectivity index (χ3n) is 2.78. The van der Waals surface area contributed by atoms with E-state index < -0.39 is 0 Å². The minimum absolute atomic E-state index is 0.106. The molecule has 0 saturated heterocycles. The molecular weight excluding hydrogens is 167 g/mol. The quantitative estimate of drug-likeness (QED) is 0.702. The van der Waals surface area contributed by atoms with E-state index in [0.29, 0.717) is 0 Å². The van der Waals surface area contributed by atoms with E-state index in [1.165, 1.54) is 0 Å². The van der Waals surface area contributed by atoms with Crippen LogP contribution in [0.4, 0.5) is 4.39 Å². The van der Waals surface area contributed by atoms with Crippen molar-refractivity contribution >= 4 is 0 Å². The second kappa shape index (κ2) is 3.11. The van der Waals surface area contributed by atoms with E-state index >= 15 is 0 Å². The van der Waals surface area contributed by atoms with Gasteiger partial charge in [0, 0.05) is 12.5 Å². The fourth-order valence-corrected chi connectivity index (χ4v) is 2.09. The molecule has 0 amide bonds. The van der Waals surface area contributed by atoms with Crippen LogP contribution in [0.2, 0.25) is 0 Å². The number of aryl methyl sites for hydroxylation is 1. The first-order valence-electron chi connectivity index (χ1n) is 4.62. The second-order valence-corrected chi connectivity index (χ2v) is 3.73. The summed E-state index contributed by atoms with van der Waals surface area (Å²) in [5, 5.41) is 9.07. The normalized spacial score (nSPS) is 20.4. The van der Waals surface area contributed by atoms with Crippen LogP contribution in [0.25, 0.3) is 0 Å². The zero-order valence-electron chi connectivity index (χ0n) is 7.68. The maximum absolute atomic E-state index is 13.4. The third kappa shape index (κ3) is 1.35.